The first-order valence-corrected chi connectivity index (χ1v) is 6.70. The van der Waals surface area contributed by atoms with Crippen molar-refractivity contribution in [1.82, 2.24) is 14.9 Å². The molecule has 21 heavy (non-hydrogen) atoms. The lowest BCUT2D eigenvalue weighted by Crippen LogP contribution is -2.31. The molecule has 1 aromatic heterocycles. The van der Waals surface area contributed by atoms with Crippen molar-refractivity contribution in [3.63, 3.8) is 0 Å². The van der Waals surface area contributed by atoms with Crippen molar-refractivity contribution < 1.29 is 9.72 Å². The quantitative estimate of drug-likeness (QED) is 0.566. The molecule has 1 amide bonds. The van der Waals surface area contributed by atoms with Crippen molar-refractivity contribution in [2.24, 2.45) is 0 Å². The average molecular weight is 296 g/mol. The fraction of sp³-hybridized carbons (Fsp3) is 0.583. The van der Waals surface area contributed by atoms with Gasteiger partial charge in [-0.05, 0) is 20.8 Å². The largest absolute Gasteiger partial charge is 0.368 e. The molecule has 0 aromatic carbocycles. The van der Waals surface area contributed by atoms with E-state index in [1.807, 2.05) is 13.8 Å². The first-order chi connectivity index (χ1) is 9.90. The summed E-state index contributed by atoms with van der Waals surface area (Å²) in [4.78, 5) is 31.6. The molecular weight excluding hydrogens is 276 g/mol. The average Bonchev–Trinajstić information content (AvgIpc) is 2.38. The molecule has 0 saturated carbocycles. The van der Waals surface area contributed by atoms with Gasteiger partial charge in [0.25, 0.3) is 0 Å². The molecule has 0 aliphatic rings. The first kappa shape index (κ1) is 16.6. The number of nitrogens with one attached hydrogen (secondary N) is 1. The van der Waals surface area contributed by atoms with Crippen LogP contribution in [0.4, 0.5) is 17.5 Å². The third kappa shape index (κ3) is 4.26. The van der Waals surface area contributed by atoms with E-state index in [9.17, 15) is 14.9 Å². The monoisotopic (exact) mass is 296 g/mol. The van der Waals surface area contributed by atoms with Gasteiger partial charge >= 0.3 is 5.69 Å². The number of nitrogens with two attached hydrogens (primary N) is 1. The summed E-state index contributed by atoms with van der Waals surface area (Å²) in [6.45, 7) is 6.79. The lowest BCUT2D eigenvalue weighted by Gasteiger charge is -2.18. The zero-order valence-electron chi connectivity index (χ0n) is 12.4. The van der Waals surface area contributed by atoms with Gasteiger partial charge in [-0.1, -0.05) is 0 Å². The van der Waals surface area contributed by atoms with Gasteiger partial charge in [0.2, 0.25) is 17.7 Å². The van der Waals surface area contributed by atoms with Crippen LogP contribution < -0.4 is 11.1 Å². The van der Waals surface area contributed by atoms with Crippen LogP contribution in [0.3, 0.4) is 0 Å². The van der Waals surface area contributed by atoms with Crippen LogP contribution in [0.2, 0.25) is 0 Å². The molecule has 9 nitrogen and oxygen atoms in total. The third-order valence-corrected chi connectivity index (χ3v) is 3.01. The molecule has 9 heteroatoms. The molecule has 1 rings (SSSR count). The molecule has 0 aliphatic carbocycles. The van der Waals surface area contributed by atoms with E-state index in [0.29, 0.717) is 13.1 Å². The van der Waals surface area contributed by atoms with Crippen LogP contribution in [-0.2, 0) is 4.79 Å². The number of carbonyl (C=O) groups is 1. The third-order valence-electron chi connectivity index (χ3n) is 3.01. The number of hydrogen-bond donors (Lipinski definition) is 2. The summed E-state index contributed by atoms with van der Waals surface area (Å²) in [6.07, 6.45) is 0.224. The number of carbonyl (C=O) groups excluding carboxylic acids is 1. The van der Waals surface area contributed by atoms with Gasteiger partial charge in [-0.15, -0.1) is 0 Å². The molecule has 3 N–H and O–H groups in total. The summed E-state index contributed by atoms with van der Waals surface area (Å²) in [7, 11) is 0. The standard InChI is InChI=1S/C12H20N6O3/c1-4-17(5-2)9(19)6-7-14-11-10(18(20)21)8(3)15-12(13)16-11/h4-7H2,1-3H3,(H3,13,14,15,16). The zero-order valence-corrected chi connectivity index (χ0v) is 12.4. The van der Waals surface area contributed by atoms with E-state index in [2.05, 4.69) is 15.3 Å². The van der Waals surface area contributed by atoms with Gasteiger partial charge in [0.1, 0.15) is 5.69 Å². The maximum absolute atomic E-state index is 11.8. The van der Waals surface area contributed by atoms with Crippen LogP contribution in [-0.4, -0.2) is 45.3 Å². The van der Waals surface area contributed by atoms with Crippen molar-refractivity contribution in [2.45, 2.75) is 27.2 Å². The van der Waals surface area contributed by atoms with Crippen LogP contribution in [0, 0.1) is 17.0 Å². The number of anilines is 2. The highest BCUT2D eigenvalue weighted by molar-refractivity contribution is 5.76. The molecule has 1 heterocycles. The molecule has 0 bridgehead atoms. The highest BCUT2D eigenvalue weighted by Gasteiger charge is 2.21. The zero-order chi connectivity index (χ0) is 16.0. The van der Waals surface area contributed by atoms with Crippen LogP contribution >= 0.6 is 0 Å². The van der Waals surface area contributed by atoms with Gasteiger partial charge < -0.3 is 16.0 Å². The minimum absolute atomic E-state index is 0.0195. The SMILES string of the molecule is CCN(CC)C(=O)CCNc1nc(N)nc(C)c1[N+](=O)[O-]. The molecule has 0 aliphatic heterocycles. The minimum Gasteiger partial charge on any atom is -0.368 e. The van der Waals surface area contributed by atoms with Crippen LogP contribution in [0.25, 0.3) is 0 Å². The van der Waals surface area contributed by atoms with E-state index < -0.39 is 4.92 Å². The second-order valence-electron chi connectivity index (χ2n) is 4.36. The number of amides is 1. The summed E-state index contributed by atoms with van der Waals surface area (Å²) in [5.41, 5.74) is 5.45. The number of nitrogen functional groups attached to an aromatic ring is 1. The van der Waals surface area contributed by atoms with Crippen molar-refractivity contribution in [2.75, 3.05) is 30.7 Å². The van der Waals surface area contributed by atoms with Gasteiger partial charge in [0, 0.05) is 26.1 Å². The van der Waals surface area contributed by atoms with E-state index >= 15 is 0 Å². The molecule has 0 saturated heterocycles. The Hall–Kier alpha value is -2.45. The Kier molecular flexibility index (Phi) is 5.82. The second kappa shape index (κ2) is 7.36. The second-order valence-corrected chi connectivity index (χ2v) is 4.36. The summed E-state index contributed by atoms with van der Waals surface area (Å²) < 4.78 is 0. The summed E-state index contributed by atoms with van der Waals surface area (Å²) in [5, 5.41) is 13.8. The molecule has 0 radical (unpaired) electrons. The van der Waals surface area contributed by atoms with Crippen LogP contribution in [0.5, 0.6) is 0 Å². The van der Waals surface area contributed by atoms with E-state index in [-0.39, 0.29) is 42.0 Å². The van der Waals surface area contributed by atoms with Crippen molar-refractivity contribution >= 4 is 23.4 Å². The van der Waals surface area contributed by atoms with Crippen LogP contribution in [0.15, 0.2) is 0 Å². The number of hydrogen-bond acceptors (Lipinski definition) is 7. The van der Waals surface area contributed by atoms with Gasteiger partial charge in [-0.2, -0.15) is 4.98 Å². The van der Waals surface area contributed by atoms with Gasteiger partial charge in [-0.25, -0.2) is 4.98 Å². The molecule has 116 valence electrons. The molecule has 0 unspecified atom stereocenters. The van der Waals surface area contributed by atoms with Gasteiger partial charge in [-0.3, -0.25) is 14.9 Å². The minimum atomic E-state index is -0.566. The van der Waals surface area contributed by atoms with Crippen molar-refractivity contribution in [1.29, 1.82) is 0 Å². The normalized spacial score (nSPS) is 10.2. The smallest absolute Gasteiger partial charge is 0.332 e. The molecular formula is C12H20N6O3. The van der Waals surface area contributed by atoms with Crippen molar-refractivity contribution in [3.8, 4) is 0 Å². The highest BCUT2D eigenvalue weighted by Crippen LogP contribution is 2.25. The lowest BCUT2D eigenvalue weighted by atomic mass is 10.3. The predicted molar refractivity (Wildman–Crippen MR) is 78.9 cm³/mol. The Morgan fingerprint density at radius 2 is 2.00 bits per heavy atom. The Balaban J connectivity index is 2.76. The Labute approximate surface area is 122 Å². The molecule has 0 spiro atoms. The Bertz CT molecular complexity index is 530. The summed E-state index contributed by atoms with van der Waals surface area (Å²) in [6, 6.07) is 0. The number of nitro groups is 1. The fourth-order valence-corrected chi connectivity index (χ4v) is 1.95. The van der Waals surface area contributed by atoms with E-state index in [0.717, 1.165) is 0 Å². The molecule has 1 aromatic rings. The summed E-state index contributed by atoms with van der Waals surface area (Å²) in [5.74, 6) is -0.0260. The van der Waals surface area contributed by atoms with Crippen molar-refractivity contribution in [3.05, 3.63) is 15.8 Å². The molecule has 0 fully saturated rings. The number of aryl methyl sites for hydroxylation is 1. The van der Waals surface area contributed by atoms with E-state index in [4.69, 9.17) is 5.73 Å². The predicted octanol–water partition coefficient (Wildman–Crippen LogP) is 0.946. The lowest BCUT2D eigenvalue weighted by molar-refractivity contribution is -0.385. The van der Waals surface area contributed by atoms with E-state index in [1.165, 1.54) is 6.92 Å². The summed E-state index contributed by atoms with van der Waals surface area (Å²) >= 11 is 0. The number of rotatable bonds is 7. The maximum Gasteiger partial charge on any atom is 0.332 e. The highest BCUT2D eigenvalue weighted by atomic mass is 16.6. The number of nitrogens with zero attached hydrogens (tertiary/aromatic N) is 4. The topological polar surface area (TPSA) is 127 Å². The maximum atomic E-state index is 11.8. The van der Waals surface area contributed by atoms with Gasteiger partial charge in [0.05, 0.1) is 4.92 Å². The molecule has 0 atom stereocenters. The van der Waals surface area contributed by atoms with Gasteiger partial charge in [0.15, 0.2) is 0 Å². The van der Waals surface area contributed by atoms with Crippen LogP contribution in [0.1, 0.15) is 26.0 Å². The Morgan fingerprint density at radius 1 is 1.38 bits per heavy atom. The van der Waals surface area contributed by atoms with E-state index in [1.54, 1.807) is 4.90 Å². The Morgan fingerprint density at radius 3 is 2.52 bits per heavy atom. The number of aromatic nitrogens is 2. The fourth-order valence-electron chi connectivity index (χ4n) is 1.95. The first-order valence-electron chi connectivity index (χ1n) is 6.70.